The van der Waals surface area contributed by atoms with Crippen LogP contribution in [0, 0.1) is 0 Å². The van der Waals surface area contributed by atoms with Gasteiger partial charge in [-0.2, -0.15) is 0 Å². The van der Waals surface area contributed by atoms with E-state index in [1.165, 1.54) is 23.1 Å². The van der Waals surface area contributed by atoms with E-state index >= 15 is 0 Å². The third-order valence-corrected chi connectivity index (χ3v) is 8.89. The molecule has 0 amide bonds. The zero-order chi connectivity index (χ0) is 22.3. The second kappa shape index (κ2) is 8.34. The molecule has 1 saturated heterocycles. The number of rotatable bonds is 7. The summed E-state index contributed by atoms with van der Waals surface area (Å²) in [6.45, 7) is 4.26. The summed E-state index contributed by atoms with van der Waals surface area (Å²) >= 11 is 2.78. The lowest BCUT2D eigenvalue weighted by atomic mass is 10.1. The van der Waals surface area contributed by atoms with Gasteiger partial charge in [0, 0.05) is 23.4 Å². The van der Waals surface area contributed by atoms with E-state index in [2.05, 4.69) is 26.7 Å². The second-order valence-electron chi connectivity index (χ2n) is 7.45. The molecule has 0 aliphatic carbocycles. The van der Waals surface area contributed by atoms with Gasteiger partial charge in [0.25, 0.3) is 5.56 Å². The molecule has 4 aromatic rings. The van der Waals surface area contributed by atoms with Crippen LogP contribution in [0.5, 0.6) is 0 Å². The molecule has 1 N–H and O–H groups in total. The van der Waals surface area contributed by atoms with Crippen LogP contribution in [0.3, 0.4) is 0 Å². The van der Waals surface area contributed by atoms with Crippen molar-refractivity contribution in [3.05, 3.63) is 58.4 Å². The van der Waals surface area contributed by atoms with E-state index in [0.717, 1.165) is 5.56 Å². The molecular formula is C20H19N5O4S3. The SMILES string of the molecule is C=CCn1c(SCc2nc3scc(-c4ccco4)c3c(=O)[nH]2)nnc1C1CCS(=O)(=O)C1. The standard InChI is InChI=1S/C20H19N5O4S3/c1-2-6-25-17(12-5-8-32(27,28)11-12)23-24-20(25)31-10-15-21-18(26)16-13(9-30-19(16)22-15)14-4-3-7-29-14/h2-4,7,9,12H,1,5-6,8,10-11H2,(H,21,22,26). The molecule has 0 aromatic carbocycles. The number of fused-ring (bicyclic) bond motifs is 1. The summed E-state index contributed by atoms with van der Waals surface area (Å²) in [6.07, 6.45) is 3.85. The molecule has 0 radical (unpaired) electrons. The second-order valence-corrected chi connectivity index (χ2v) is 11.5. The van der Waals surface area contributed by atoms with Gasteiger partial charge in [-0.1, -0.05) is 17.8 Å². The summed E-state index contributed by atoms with van der Waals surface area (Å²) in [5.41, 5.74) is 0.507. The van der Waals surface area contributed by atoms with E-state index in [9.17, 15) is 13.2 Å². The molecule has 5 heterocycles. The molecular weight excluding hydrogens is 470 g/mol. The van der Waals surface area contributed by atoms with Gasteiger partial charge >= 0.3 is 0 Å². The van der Waals surface area contributed by atoms with E-state index in [1.54, 1.807) is 18.4 Å². The molecule has 5 rings (SSSR count). The maximum atomic E-state index is 12.8. The average Bonchev–Trinajstić information content (AvgIpc) is 3.52. The normalized spacial score (nSPS) is 17.8. The lowest BCUT2D eigenvalue weighted by Gasteiger charge is -2.11. The third kappa shape index (κ3) is 3.93. The van der Waals surface area contributed by atoms with Crippen molar-refractivity contribution < 1.29 is 12.8 Å². The molecule has 0 spiro atoms. The Morgan fingerprint density at radius 3 is 3.00 bits per heavy atom. The third-order valence-electron chi connectivity index (χ3n) is 5.27. The van der Waals surface area contributed by atoms with Crippen LogP contribution in [-0.2, 0) is 22.1 Å². The molecule has 1 aliphatic rings. The average molecular weight is 490 g/mol. The zero-order valence-corrected chi connectivity index (χ0v) is 19.3. The Labute approximate surface area is 191 Å². The van der Waals surface area contributed by atoms with Crippen LogP contribution >= 0.6 is 23.1 Å². The number of thiophene rings is 1. The van der Waals surface area contributed by atoms with Crippen molar-refractivity contribution >= 4 is 43.2 Å². The Morgan fingerprint density at radius 1 is 1.41 bits per heavy atom. The molecule has 0 bridgehead atoms. The molecule has 166 valence electrons. The highest BCUT2D eigenvalue weighted by Crippen LogP contribution is 2.33. The molecule has 1 aliphatic heterocycles. The first kappa shape index (κ1) is 21.2. The van der Waals surface area contributed by atoms with Gasteiger partial charge in [-0.3, -0.25) is 4.79 Å². The summed E-state index contributed by atoms with van der Waals surface area (Å²) in [5.74, 6) is 2.30. The highest BCUT2D eigenvalue weighted by atomic mass is 32.2. The number of hydrogen-bond acceptors (Lipinski definition) is 9. The van der Waals surface area contributed by atoms with Crippen LogP contribution in [0.15, 0.2) is 50.8 Å². The highest BCUT2D eigenvalue weighted by Gasteiger charge is 2.33. The van der Waals surface area contributed by atoms with E-state index in [0.29, 0.717) is 51.5 Å². The summed E-state index contributed by atoms with van der Waals surface area (Å²) in [6, 6.07) is 3.59. The number of allylic oxidation sites excluding steroid dienone is 1. The number of sulfone groups is 1. The first-order valence-electron chi connectivity index (χ1n) is 9.86. The molecule has 4 aromatic heterocycles. The quantitative estimate of drug-likeness (QED) is 0.310. The van der Waals surface area contributed by atoms with E-state index in [-0.39, 0.29) is 23.0 Å². The maximum absolute atomic E-state index is 12.8. The number of furan rings is 1. The Kier molecular flexibility index (Phi) is 5.51. The number of aromatic amines is 1. The Bertz CT molecular complexity index is 1450. The number of H-pyrrole nitrogens is 1. The van der Waals surface area contributed by atoms with E-state index in [1.807, 2.05) is 16.0 Å². The monoisotopic (exact) mass is 489 g/mol. The number of thioether (sulfide) groups is 1. The van der Waals surface area contributed by atoms with Gasteiger partial charge in [0.1, 0.15) is 22.2 Å². The maximum Gasteiger partial charge on any atom is 0.260 e. The van der Waals surface area contributed by atoms with Crippen LogP contribution in [0.2, 0.25) is 0 Å². The number of nitrogens with zero attached hydrogens (tertiary/aromatic N) is 4. The van der Waals surface area contributed by atoms with Gasteiger partial charge in [0.2, 0.25) is 0 Å². The van der Waals surface area contributed by atoms with Crippen LogP contribution in [0.25, 0.3) is 21.5 Å². The molecule has 1 fully saturated rings. The first-order valence-corrected chi connectivity index (χ1v) is 13.6. The lowest BCUT2D eigenvalue weighted by molar-refractivity contribution is 0.583. The van der Waals surface area contributed by atoms with Crippen LogP contribution < -0.4 is 5.56 Å². The first-order chi connectivity index (χ1) is 15.4. The fraction of sp³-hybridized carbons (Fsp3) is 0.300. The Morgan fingerprint density at radius 2 is 2.28 bits per heavy atom. The van der Waals surface area contributed by atoms with Crippen LogP contribution in [0.1, 0.15) is 24.0 Å². The predicted octanol–water partition coefficient (Wildman–Crippen LogP) is 3.22. The van der Waals surface area contributed by atoms with Crippen molar-refractivity contribution in [3.8, 4) is 11.3 Å². The largest absolute Gasteiger partial charge is 0.464 e. The molecule has 32 heavy (non-hydrogen) atoms. The van der Waals surface area contributed by atoms with Crippen molar-refractivity contribution in [2.24, 2.45) is 0 Å². The predicted molar refractivity (Wildman–Crippen MR) is 124 cm³/mol. The topological polar surface area (TPSA) is 124 Å². The van der Waals surface area contributed by atoms with Crippen molar-refractivity contribution in [3.63, 3.8) is 0 Å². The van der Waals surface area contributed by atoms with Crippen LogP contribution in [-0.4, -0.2) is 44.7 Å². The smallest absolute Gasteiger partial charge is 0.260 e. The minimum atomic E-state index is -3.03. The van der Waals surface area contributed by atoms with Gasteiger partial charge in [-0.05, 0) is 18.6 Å². The van der Waals surface area contributed by atoms with Crippen molar-refractivity contribution in [2.45, 2.75) is 29.8 Å². The Hall–Kier alpha value is -2.70. The van der Waals surface area contributed by atoms with Crippen LogP contribution in [0.4, 0.5) is 0 Å². The minimum Gasteiger partial charge on any atom is -0.464 e. The zero-order valence-electron chi connectivity index (χ0n) is 16.9. The molecule has 1 atom stereocenters. The number of aromatic nitrogens is 5. The number of hydrogen-bond donors (Lipinski definition) is 1. The summed E-state index contributed by atoms with van der Waals surface area (Å²) < 4.78 is 31.1. The van der Waals surface area contributed by atoms with E-state index in [4.69, 9.17) is 4.42 Å². The minimum absolute atomic E-state index is 0.0921. The molecule has 1 unspecified atom stereocenters. The van der Waals surface area contributed by atoms with Gasteiger partial charge in [-0.15, -0.1) is 28.1 Å². The van der Waals surface area contributed by atoms with Crippen molar-refractivity contribution in [1.82, 2.24) is 24.7 Å². The molecule has 12 heteroatoms. The fourth-order valence-corrected chi connectivity index (χ4v) is 7.33. The fourth-order valence-electron chi connectivity index (χ4n) is 3.82. The molecule has 9 nitrogen and oxygen atoms in total. The van der Waals surface area contributed by atoms with Crippen molar-refractivity contribution in [1.29, 1.82) is 0 Å². The Balaban J connectivity index is 1.40. The van der Waals surface area contributed by atoms with Gasteiger partial charge in [0.05, 0.1) is 28.9 Å². The summed E-state index contributed by atoms with van der Waals surface area (Å²) in [4.78, 5) is 20.9. The summed E-state index contributed by atoms with van der Waals surface area (Å²) in [5, 5.41) is 11.6. The van der Waals surface area contributed by atoms with Gasteiger partial charge in [-0.25, -0.2) is 13.4 Å². The van der Waals surface area contributed by atoms with E-state index < -0.39 is 9.84 Å². The van der Waals surface area contributed by atoms with Crippen molar-refractivity contribution in [2.75, 3.05) is 11.5 Å². The summed E-state index contributed by atoms with van der Waals surface area (Å²) in [7, 11) is -3.03. The highest BCUT2D eigenvalue weighted by molar-refractivity contribution is 7.98. The van der Waals surface area contributed by atoms with Gasteiger partial charge in [0.15, 0.2) is 15.0 Å². The molecule has 0 saturated carbocycles. The lowest BCUT2D eigenvalue weighted by Crippen LogP contribution is -2.12. The number of nitrogens with one attached hydrogen (secondary N) is 1. The van der Waals surface area contributed by atoms with Gasteiger partial charge < -0.3 is 14.0 Å².